The van der Waals surface area contributed by atoms with E-state index in [4.69, 9.17) is 4.74 Å². The van der Waals surface area contributed by atoms with Crippen molar-refractivity contribution in [1.29, 1.82) is 0 Å². The number of esters is 1. The number of ether oxygens (including phenoxy) is 1. The van der Waals surface area contributed by atoms with Crippen LogP contribution in [0.3, 0.4) is 0 Å². The molecule has 0 N–H and O–H groups in total. The molecule has 0 aromatic carbocycles. The molecule has 0 amide bonds. The van der Waals surface area contributed by atoms with Crippen LogP contribution in [-0.2, 0) is 14.3 Å². The van der Waals surface area contributed by atoms with E-state index in [0.29, 0.717) is 11.3 Å². The van der Waals surface area contributed by atoms with Crippen molar-refractivity contribution in [3.8, 4) is 0 Å². The highest BCUT2D eigenvalue weighted by Crippen LogP contribution is 2.05. The van der Waals surface area contributed by atoms with Crippen LogP contribution in [0, 0.1) is 0 Å². The quantitative estimate of drug-likeness (QED) is 0.345. The zero-order valence-electron chi connectivity index (χ0n) is 7.22. The fourth-order valence-electron chi connectivity index (χ4n) is 0.540. The summed E-state index contributed by atoms with van der Waals surface area (Å²) in [6, 6.07) is 0. The van der Waals surface area contributed by atoms with Crippen LogP contribution in [0.5, 0.6) is 0 Å². The van der Waals surface area contributed by atoms with Gasteiger partial charge in [0.2, 0.25) is 0 Å². The van der Waals surface area contributed by atoms with Crippen molar-refractivity contribution >= 4 is 11.8 Å². The molecule has 11 heavy (non-hydrogen) atoms. The van der Waals surface area contributed by atoms with Gasteiger partial charge in [-0.2, -0.15) is 0 Å². The first-order valence-corrected chi connectivity index (χ1v) is 3.32. The van der Waals surface area contributed by atoms with Gasteiger partial charge in [0.1, 0.15) is 5.76 Å². The van der Waals surface area contributed by atoms with Gasteiger partial charge < -0.3 is 4.74 Å². The first-order valence-electron chi connectivity index (χ1n) is 3.32. The standard InChI is InChI=1S/C8H12O3/c1-5(6(2)9)7(3)11-8(4)10/h1-4H3/b7-5+. The van der Waals surface area contributed by atoms with Crippen LogP contribution in [-0.4, -0.2) is 11.8 Å². The summed E-state index contributed by atoms with van der Waals surface area (Å²) in [5.74, 6) is -0.100. The van der Waals surface area contributed by atoms with Crippen molar-refractivity contribution in [2.24, 2.45) is 0 Å². The number of rotatable bonds is 2. The van der Waals surface area contributed by atoms with Crippen molar-refractivity contribution in [3.63, 3.8) is 0 Å². The Bertz CT molecular complexity index is 213. The number of hydrogen-bond acceptors (Lipinski definition) is 3. The third-order valence-electron chi connectivity index (χ3n) is 1.35. The molecule has 0 unspecified atom stereocenters. The minimum Gasteiger partial charge on any atom is -0.431 e. The lowest BCUT2D eigenvalue weighted by atomic mass is 10.2. The number of ketones is 1. The molecule has 0 heterocycles. The lowest BCUT2D eigenvalue weighted by molar-refractivity contribution is -0.136. The maximum atomic E-state index is 10.7. The van der Waals surface area contributed by atoms with Gasteiger partial charge in [0.15, 0.2) is 5.78 Å². The van der Waals surface area contributed by atoms with Gasteiger partial charge in [-0.15, -0.1) is 0 Å². The second kappa shape index (κ2) is 3.91. The summed E-state index contributed by atoms with van der Waals surface area (Å²) in [4.78, 5) is 21.1. The normalized spacial score (nSPS) is 12.0. The van der Waals surface area contributed by atoms with E-state index >= 15 is 0 Å². The third kappa shape index (κ3) is 3.55. The van der Waals surface area contributed by atoms with Gasteiger partial charge in [-0.05, 0) is 20.8 Å². The molecule has 0 saturated carbocycles. The van der Waals surface area contributed by atoms with Gasteiger partial charge in [0, 0.05) is 12.5 Å². The lowest BCUT2D eigenvalue weighted by Crippen LogP contribution is -2.02. The molecular formula is C8H12O3. The van der Waals surface area contributed by atoms with Gasteiger partial charge >= 0.3 is 5.97 Å². The molecule has 0 atom stereocenters. The number of carbonyl (C=O) groups is 2. The number of allylic oxidation sites excluding steroid dienone is 2. The van der Waals surface area contributed by atoms with Crippen molar-refractivity contribution in [3.05, 3.63) is 11.3 Å². The Morgan fingerprint density at radius 3 is 1.73 bits per heavy atom. The molecule has 62 valence electrons. The predicted molar refractivity (Wildman–Crippen MR) is 40.8 cm³/mol. The Morgan fingerprint density at radius 2 is 1.45 bits per heavy atom. The monoisotopic (exact) mass is 156 g/mol. The van der Waals surface area contributed by atoms with E-state index in [2.05, 4.69) is 0 Å². The second-order valence-corrected chi connectivity index (χ2v) is 2.33. The molecule has 0 radical (unpaired) electrons. The first-order chi connectivity index (χ1) is 4.95. The first kappa shape index (κ1) is 9.88. The summed E-state index contributed by atoms with van der Waals surface area (Å²) >= 11 is 0. The molecule has 0 rings (SSSR count). The molecule has 3 nitrogen and oxygen atoms in total. The summed E-state index contributed by atoms with van der Waals surface area (Å²) in [7, 11) is 0. The minimum atomic E-state index is -0.400. The Labute approximate surface area is 66.0 Å². The van der Waals surface area contributed by atoms with Crippen LogP contribution < -0.4 is 0 Å². The Balaban J connectivity index is 4.40. The van der Waals surface area contributed by atoms with Crippen molar-refractivity contribution in [2.75, 3.05) is 0 Å². The van der Waals surface area contributed by atoms with Crippen molar-refractivity contribution < 1.29 is 14.3 Å². The average molecular weight is 156 g/mol. The molecule has 0 spiro atoms. The third-order valence-corrected chi connectivity index (χ3v) is 1.35. The summed E-state index contributed by atoms with van der Waals surface area (Å²) in [5.41, 5.74) is 0.486. The summed E-state index contributed by atoms with van der Waals surface area (Å²) in [5, 5.41) is 0. The topological polar surface area (TPSA) is 43.4 Å². The van der Waals surface area contributed by atoms with E-state index in [1.807, 2.05) is 0 Å². The SMILES string of the molecule is CC(=O)O/C(C)=C(\C)C(C)=O. The highest BCUT2D eigenvalue weighted by molar-refractivity contribution is 5.93. The highest BCUT2D eigenvalue weighted by atomic mass is 16.5. The van der Waals surface area contributed by atoms with Crippen LogP contribution in [0.15, 0.2) is 11.3 Å². The maximum Gasteiger partial charge on any atom is 0.307 e. The van der Waals surface area contributed by atoms with E-state index < -0.39 is 5.97 Å². The van der Waals surface area contributed by atoms with Gasteiger partial charge in [0.25, 0.3) is 0 Å². The average Bonchev–Trinajstić information content (AvgIpc) is 1.84. The highest BCUT2D eigenvalue weighted by Gasteiger charge is 2.04. The minimum absolute atomic E-state index is 0.0799. The molecule has 0 aliphatic rings. The molecule has 3 heteroatoms. The van der Waals surface area contributed by atoms with E-state index in [0.717, 1.165) is 0 Å². The van der Waals surface area contributed by atoms with Crippen LogP contribution in [0.4, 0.5) is 0 Å². The summed E-state index contributed by atoms with van der Waals surface area (Å²) in [6.45, 7) is 5.96. The zero-order valence-corrected chi connectivity index (χ0v) is 7.22. The maximum absolute atomic E-state index is 10.7. The van der Waals surface area contributed by atoms with Crippen LogP contribution >= 0.6 is 0 Å². The Kier molecular flexibility index (Phi) is 3.51. The fraction of sp³-hybridized carbons (Fsp3) is 0.500. The lowest BCUT2D eigenvalue weighted by Gasteiger charge is -2.02. The van der Waals surface area contributed by atoms with Crippen molar-refractivity contribution in [2.45, 2.75) is 27.7 Å². The second-order valence-electron chi connectivity index (χ2n) is 2.33. The molecule has 0 aliphatic carbocycles. The van der Waals surface area contributed by atoms with Gasteiger partial charge in [-0.1, -0.05) is 0 Å². The number of Topliss-reactive ketones (excluding diaryl/α,β-unsaturated/α-hetero) is 1. The van der Waals surface area contributed by atoms with Crippen LogP contribution in [0.1, 0.15) is 27.7 Å². The predicted octanol–water partition coefficient (Wildman–Crippen LogP) is 1.43. The van der Waals surface area contributed by atoms with E-state index in [-0.39, 0.29) is 5.78 Å². The van der Waals surface area contributed by atoms with E-state index in [1.165, 1.54) is 13.8 Å². The van der Waals surface area contributed by atoms with Gasteiger partial charge in [-0.25, -0.2) is 0 Å². The van der Waals surface area contributed by atoms with Gasteiger partial charge in [-0.3, -0.25) is 9.59 Å². The summed E-state index contributed by atoms with van der Waals surface area (Å²) in [6.07, 6.45) is 0. The fourth-order valence-corrected chi connectivity index (χ4v) is 0.540. The van der Waals surface area contributed by atoms with Crippen molar-refractivity contribution in [1.82, 2.24) is 0 Å². The van der Waals surface area contributed by atoms with E-state index in [1.54, 1.807) is 13.8 Å². The molecule has 0 aliphatic heterocycles. The molecular weight excluding hydrogens is 144 g/mol. The zero-order chi connectivity index (χ0) is 9.02. The smallest absolute Gasteiger partial charge is 0.307 e. The summed E-state index contributed by atoms with van der Waals surface area (Å²) < 4.78 is 4.69. The van der Waals surface area contributed by atoms with Gasteiger partial charge in [0.05, 0.1) is 0 Å². The molecule has 0 aromatic rings. The number of carbonyl (C=O) groups excluding carboxylic acids is 2. The largest absolute Gasteiger partial charge is 0.431 e. The molecule has 0 fully saturated rings. The molecule has 0 saturated heterocycles. The molecule has 0 aromatic heterocycles. The van der Waals surface area contributed by atoms with Crippen LogP contribution in [0.25, 0.3) is 0 Å². The van der Waals surface area contributed by atoms with E-state index in [9.17, 15) is 9.59 Å². The van der Waals surface area contributed by atoms with Crippen LogP contribution in [0.2, 0.25) is 0 Å². The molecule has 0 bridgehead atoms. The Hall–Kier alpha value is -1.12. The Morgan fingerprint density at radius 1 is 1.00 bits per heavy atom. The number of hydrogen-bond donors (Lipinski definition) is 0.